The standard InChI is InChI=1S/C19H25N5O/c1-22-11-13-24(14-12-22)19(25)23-9-6-15(7-10-23)17-5-4-16-3-2-8-20-18(16)21-17/h2-5,8,15H,6-7,9-14H2,1H3. The van der Waals surface area contributed by atoms with Crippen LogP contribution < -0.4 is 0 Å². The molecule has 2 aromatic heterocycles. The number of likely N-dealkylation sites (tertiary alicyclic amines) is 1. The number of piperidine rings is 1. The normalized spacial score (nSPS) is 20.2. The summed E-state index contributed by atoms with van der Waals surface area (Å²) in [6.45, 7) is 5.25. The van der Waals surface area contributed by atoms with E-state index in [2.05, 4.69) is 29.1 Å². The largest absolute Gasteiger partial charge is 0.325 e. The Morgan fingerprint density at radius 1 is 1.00 bits per heavy atom. The zero-order valence-corrected chi connectivity index (χ0v) is 14.8. The van der Waals surface area contributed by atoms with Gasteiger partial charge in [-0.1, -0.05) is 0 Å². The minimum absolute atomic E-state index is 0.208. The molecule has 0 spiro atoms. The molecule has 6 nitrogen and oxygen atoms in total. The fraction of sp³-hybridized carbons (Fsp3) is 0.526. The Kier molecular flexibility index (Phi) is 4.53. The summed E-state index contributed by atoms with van der Waals surface area (Å²) in [6.07, 6.45) is 3.74. The molecule has 0 saturated carbocycles. The minimum atomic E-state index is 0.208. The van der Waals surface area contributed by atoms with E-state index in [4.69, 9.17) is 4.98 Å². The fourth-order valence-electron chi connectivity index (χ4n) is 3.76. The van der Waals surface area contributed by atoms with Crippen LogP contribution in [-0.4, -0.2) is 77.0 Å². The van der Waals surface area contributed by atoms with Gasteiger partial charge in [0.2, 0.25) is 0 Å². The van der Waals surface area contributed by atoms with Crippen LogP contribution in [0, 0.1) is 0 Å². The van der Waals surface area contributed by atoms with E-state index in [0.29, 0.717) is 5.92 Å². The molecule has 2 saturated heterocycles. The van der Waals surface area contributed by atoms with Crippen molar-refractivity contribution < 1.29 is 4.79 Å². The Labute approximate surface area is 148 Å². The number of rotatable bonds is 1. The van der Waals surface area contributed by atoms with Crippen molar-refractivity contribution in [3.8, 4) is 0 Å². The van der Waals surface area contributed by atoms with Crippen LogP contribution in [-0.2, 0) is 0 Å². The second-order valence-corrected chi connectivity index (χ2v) is 7.12. The highest BCUT2D eigenvalue weighted by Gasteiger charge is 2.28. The van der Waals surface area contributed by atoms with Crippen molar-refractivity contribution in [1.82, 2.24) is 24.7 Å². The molecule has 0 unspecified atom stereocenters. The average Bonchev–Trinajstić information content (AvgIpc) is 2.68. The van der Waals surface area contributed by atoms with Crippen LogP contribution in [0.4, 0.5) is 4.79 Å². The summed E-state index contributed by atoms with van der Waals surface area (Å²) < 4.78 is 0. The lowest BCUT2D eigenvalue weighted by molar-refractivity contribution is 0.113. The van der Waals surface area contributed by atoms with Crippen LogP contribution in [0.15, 0.2) is 30.5 Å². The molecule has 6 heteroatoms. The first kappa shape index (κ1) is 16.3. The topological polar surface area (TPSA) is 52.6 Å². The summed E-state index contributed by atoms with van der Waals surface area (Å²) in [4.78, 5) is 28.1. The molecule has 0 bridgehead atoms. The van der Waals surface area contributed by atoms with Crippen molar-refractivity contribution in [3.05, 3.63) is 36.2 Å². The summed E-state index contributed by atoms with van der Waals surface area (Å²) in [6, 6.07) is 8.40. The highest BCUT2D eigenvalue weighted by molar-refractivity contribution is 5.75. The van der Waals surface area contributed by atoms with Gasteiger partial charge < -0.3 is 14.7 Å². The molecule has 4 rings (SSSR count). The Morgan fingerprint density at radius 3 is 2.48 bits per heavy atom. The van der Waals surface area contributed by atoms with E-state index in [9.17, 15) is 4.79 Å². The van der Waals surface area contributed by atoms with Crippen LogP contribution in [0.3, 0.4) is 0 Å². The molecular weight excluding hydrogens is 314 g/mol. The van der Waals surface area contributed by atoms with Crippen molar-refractivity contribution in [2.45, 2.75) is 18.8 Å². The number of amides is 2. The number of urea groups is 1. The van der Waals surface area contributed by atoms with Crippen LogP contribution in [0.5, 0.6) is 0 Å². The van der Waals surface area contributed by atoms with Crippen LogP contribution in [0.25, 0.3) is 11.0 Å². The van der Waals surface area contributed by atoms with Gasteiger partial charge in [-0.25, -0.2) is 14.8 Å². The van der Waals surface area contributed by atoms with Gasteiger partial charge in [-0.15, -0.1) is 0 Å². The van der Waals surface area contributed by atoms with Gasteiger partial charge in [0.05, 0.1) is 0 Å². The molecule has 2 aliphatic rings. The molecule has 4 heterocycles. The number of pyridine rings is 2. The van der Waals surface area contributed by atoms with Gasteiger partial charge >= 0.3 is 6.03 Å². The van der Waals surface area contributed by atoms with Crippen molar-refractivity contribution in [2.75, 3.05) is 46.3 Å². The molecule has 132 valence electrons. The van der Waals surface area contributed by atoms with E-state index in [-0.39, 0.29) is 6.03 Å². The Bertz CT molecular complexity index is 748. The van der Waals surface area contributed by atoms with Gasteiger partial charge in [0.15, 0.2) is 5.65 Å². The number of hydrogen-bond acceptors (Lipinski definition) is 4. The van der Waals surface area contributed by atoms with E-state index in [0.717, 1.165) is 68.8 Å². The monoisotopic (exact) mass is 339 g/mol. The van der Waals surface area contributed by atoms with E-state index >= 15 is 0 Å². The van der Waals surface area contributed by atoms with Crippen molar-refractivity contribution >= 4 is 17.1 Å². The second kappa shape index (κ2) is 6.96. The van der Waals surface area contributed by atoms with E-state index in [1.165, 1.54) is 0 Å². The second-order valence-electron chi connectivity index (χ2n) is 7.12. The third-order valence-corrected chi connectivity index (χ3v) is 5.44. The summed E-state index contributed by atoms with van der Waals surface area (Å²) in [5.74, 6) is 0.419. The summed E-state index contributed by atoms with van der Waals surface area (Å²) in [7, 11) is 2.11. The predicted octanol–water partition coefficient (Wildman–Crippen LogP) is 2.18. The number of hydrogen-bond donors (Lipinski definition) is 0. The minimum Gasteiger partial charge on any atom is -0.325 e. The number of aromatic nitrogens is 2. The molecule has 2 fully saturated rings. The molecule has 25 heavy (non-hydrogen) atoms. The van der Waals surface area contributed by atoms with Crippen LogP contribution in [0.2, 0.25) is 0 Å². The summed E-state index contributed by atoms with van der Waals surface area (Å²) in [5.41, 5.74) is 1.92. The first-order valence-electron chi connectivity index (χ1n) is 9.15. The van der Waals surface area contributed by atoms with E-state index in [1.54, 1.807) is 6.20 Å². The molecule has 2 aromatic rings. The van der Waals surface area contributed by atoms with Crippen LogP contribution in [0.1, 0.15) is 24.5 Å². The predicted molar refractivity (Wildman–Crippen MR) is 97.6 cm³/mol. The van der Waals surface area contributed by atoms with Crippen LogP contribution >= 0.6 is 0 Å². The highest BCUT2D eigenvalue weighted by atomic mass is 16.2. The number of carbonyl (C=O) groups is 1. The van der Waals surface area contributed by atoms with Gasteiger partial charge in [0.25, 0.3) is 0 Å². The number of fused-ring (bicyclic) bond motifs is 1. The van der Waals surface area contributed by atoms with E-state index in [1.807, 2.05) is 21.9 Å². The fourth-order valence-corrected chi connectivity index (χ4v) is 3.76. The summed E-state index contributed by atoms with van der Waals surface area (Å²) >= 11 is 0. The Morgan fingerprint density at radius 2 is 1.72 bits per heavy atom. The summed E-state index contributed by atoms with van der Waals surface area (Å²) in [5, 5.41) is 1.08. The van der Waals surface area contributed by atoms with Gasteiger partial charge in [-0.2, -0.15) is 0 Å². The third kappa shape index (κ3) is 3.44. The Balaban J connectivity index is 1.38. The number of carbonyl (C=O) groups excluding carboxylic acids is 1. The van der Waals surface area contributed by atoms with Crippen molar-refractivity contribution in [3.63, 3.8) is 0 Å². The molecule has 0 N–H and O–H groups in total. The quantitative estimate of drug-likeness (QED) is 0.799. The molecule has 0 atom stereocenters. The van der Waals surface area contributed by atoms with Gasteiger partial charge in [-0.3, -0.25) is 0 Å². The smallest absolute Gasteiger partial charge is 0.320 e. The Hall–Kier alpha value is -2.21. The molecular formula is C19H25N5O. The zero-order valence-electron chi connectivity index (χ0n) is 14.8. The van der Waals surface area contributed by atoms with Gasteiger partial charge in [0.1, 0.15) is 0 Å². The lowest BCUT2D eigenvalue weighted by Crippen LogP contribution is -2.53. The molecule has 0 radical (unpaired) electrons. The van der Waals surface area contributed by atoms with E-state index < -0.39 is 0 Å². The lowest BCUT2D eigenvalue weighted by Gasteiger charge is -2.38. The SMILES string of the molecule is CN1CCN(C(=O)N2CCC(c3ccc4cccnc4n3)CC2)CC1. The first-order chi connectivity index (χ1) is 12.2. The molecule has 0 aromatic carbocycles. The highest BCUT2D eigenvalue weighted by Crippen LogP contribution is 2.28. The average molecular weight is 339 g/mol. The van der Waals surface area contributed by atoms with Crippen molar-refractivity contribution in [1.29, 1.82) is 0 Å². The van der Waals surface area contributed by atoms with Gasteiger partial charge in [-0.05, 0) is 44.2 Å². The maximum Gasteiger partial charge on any atom is 0.320 e. The number of piperazine rings is 1. The molecule has 2 aliphatic heterocycles. The number of likely N-dealkylation sites (N-methyl/N-ethyl adjacent to an activating group) is 1. The maximum atomic E-state index is 12.7. The zero-order chi connectivity index (χ0) is 17.2. The van der Waals surface area contributed by atoms with Gasteiger partial charge in [0, 0.05) is 62.5 Å². The third-order valence-electron chi connectivity index (χ3n) is 5.44. The maximum absolute atomic E-state index is 12.7. The molecule has 0 aliphatic carbocycles. The number of nitrogens with zero attached hydrogens (tertiary/aromatic N) is 5. The van der Waals surface area contributed by atoms with Crippen molar-refractivity contribution in [2.24, 2.45) is 0 Å². The molecule has 2 amide bonds. The first-order valence-corrected chi connectivity index (χ1v) is 9.15. The lowest BCUT2D eigenvalue weighted by atomic mass is 9.93.